The van der Waals surface area contributed by atoms with Crippen molar-refractivity contribution in [2.75, 3.05) is 12.4 Å². The van der Waals surface area contributed by atoms with Crippen molar-refractivity contribution in [3.8, 4) is 17.3 Å². The second-order valence-electron chi connectivity index (χ2n) is 5.00. The van der Waals surface area contributed by atoms with Crippen LogP contribution in [0.1, 0.15) is 20.8 Å². The number of hydrogen-bond donors (Lipinski definition) is 1. The minimum atomic E-state index is 0.287. The summed E-state index contributed by atoms with van der Waals surface area (Å²) in [6, 6.07) is 5.96. The quantitative estimate of drug-likeness (QED) is 0.906. The van der Waals surface area contributed by atoms with E-state index in [0.717, 1.165) is 5.69 Å². The zero-order valence-electron chi connectivity index (χ0n) is 12.3. The van der Waals surface area contributed by atoms with Crippen LogP contribution < -0.4 is 10.1 Å². The summed E-state index contributed by atoms with van der Waals surface area (Å²) < 4.78 is 5.31. The van der Waals surface area contributed by atoms with E-state index >= 15 is 0 Å². The largest absolute Gasteiger partial charge is 0.491 e. The second kappa shape index (κ2) is 6.32. The van der Waals surface area contributed by atoms with Gasteiger partial charge >= 0.3 is 0 Å². The maximum Gasteiger partial charge on any atom is 0.180 e. The van der Waals surface area contributed by atoms with E-state index in [2.05, 4.69) is 41.0 Å². The van der Waals surface area contributed by atoms with Crippen molar-refractivity contribution in [2.45, 2.75) is 26.8 Å². The fourth-order valence-electron chi connectivity index (χ4n) is 1.62. The molecule has 2 aromatic heterocycles. The highest BCUT2D eigenvalue weighted by Gasteiger charge is 2.14. The number of anilines is 1. The van der Waals surface area contributed by atoms with Crippen LogP contribution >= 0.6 is 0 Å². The van der Waals surface area contributed by atoms with Gasteiger partial charge in [0.15, 0.2) is 17.4 Å². The Morgan fingerprint density at radius 3 is 2.55 bits per heavy atom. The molecule has 0 spiro atoms. The Labute approximate surface area is 119 Å². The Kier molecular flexibility index (Phi) is 4.50. The number of ether oxygens (including phenoxy) is 1. The lowest BCUT2D eigenvalue weighted by molar-refractivity contribution is 0.411. The molecule has 106 valence electrons. The molecule has 0 bridgehead atoms. The van der Waals surface area contributed by atoms with E-state index in [0.29, 0.717) is 23.3 Å². The topological polar surface area (TPSA) is 59.9 Å². The summed E-state index contributed by atoms with van der Waals surface area (Å²) in [5, 5.41) is 3.37. The minimum Gasteiger partial charge on any atom is -0.491 e. The maximum atomic E-state index is 5.31. The van der Waals surface area contributed by atoms with Crippen molar-refractivity contribution in [1.29, 1.82) is 0 Å². The Morgan fingerprint density at radius 1 is 1.15 bits per heavy atom. The van der Waals surface area contributed by atoms with Gasteiger partial charge in [0.25, 0.3) is 0 Å². The van der Waals surface area contributed by atoms with Crippen molar-refractivity contribution < 1.29 is 4.74 Å². The number of nitrogens with zero attached hydrogens (tertiary/aromatic N) is 3. The summed E-state index contributed by atoms with van der Waals surface area (Å²) in [7, 11) is 1.62. The molecule has 0 aliphatic heterocycles. The molecular formula is C15H20N4O. The number of nitrogens with one attached hydrogen (secondary N) is 1. The van der Waals surface area contributed by atoms with Crippen LogP contribution in [0, 0.1) is 5.92 Å². The predicted molar refractivity (Wildman–Crippen MR) is 79.7 cm³/mol. The molecule has 2 aromatic rings. The highest BCUT2D eigenvalue weighted by molar-refractivity contribution is 5.57. The summed E-state index contributed by atoms with van der Waals surface area (Å²) in [6.45, 7) is 6.43. The van der Waals surface area contributed by atoms with Crippen molar-refractivity contribution in [2.24, 2.45) is 5.92 Å². The van der Waals surface area contributed by atoms with E-state index in [9.17, 15) is 0 Å². The number of pyridine rings is 1. The molecule has 0 saturated heterocycles. The lowest BCUT2D eigenvalue weighted by Gasteiger charge is -2.19. The second-order valence-corrected chi connectivity index (χ2v) is 5.00. The van der Waals surface area contributed by atoms with Crippen LogP contribution in [0.4, 0.5) is 5.82 Å². The van der Waals surface area contributed by atoms with Crippen LogP contribution in [0.3, 0.4) is 0 Å². The molecule has 0 saturated carbocycles. The highest BCUT2D eigenvalue weighted by Crippen LogP contribution is 2.25. The number of methoxy groups -OCH3 is 1. The van der Waals surface area contributed by atoms with E-state index in [-0.39, 0.29) is 6.04 Å². The Bertz CT molecular complexity index is 557. The van der Waals surface area contributed by atoms with Gasteiger partial charge in [-0.15, -0.1) is 0 Å². The maximum absolute atomic E-state index is 5.31. The van der Waals surface area contributed by atoms with Gasteiger partial charge in [-0.1, -0.05) is 19.9 Å². The molecule has 0 aromatic carbocycles. The molecule has 0 aliphatic rings. The van der Waals surface area contributed by atoms with E-state index < -0.39 is 0 Å². The molecule has 2 heterocycles. The summed E-state index contributed by atoms with van der Waals surface area (Å²) in [5.41, 5.74) is 0.746. The summed E-state index contributed by atoms with van der Waals surface area (Å²) in [4.78, 5) is 13.1. The van der Waals surface area contributed by atoms with Crippen molar-refractivity contribution in [3.05, 3.63) is 30.6 Å². The highest BCUT2D eigenvalue weighted by atomic mass is 16.5. The van der Waals surface area contributed by atoms with Crippen LogP contribution in [0.2, 0.25) is 0 Å². The van der Waals surface area contributed by atoms with Crippen LogP contribution in [-0.4, -0.2) is 28.1 Å². The normalized spacial score (nSPS) is 12.2. The zero-order valence-corrected chi connectivity index (χ0v) is 12.3. The first-order valence-electron chi connectivity index (χ1n) is 6.70. The van der Waals surface area contributed by atoms with Gasteiger partial charge in [-0.2, -0.15) is 0 Å². The van der Waals surface area contributed by atoms with Crippen LogP contribution in [0.5, 0.6) is 5.75 Å². The van der Waals surface area contributed by atoms with Crippen molar-refractivity contribution in [1.82, 2.24) is 15.0 Å². The molecule has 0 aliphatic carbocycles. The molecule has 5 nitrogen and oxygen atoms in total. The van der Waals surface area contributed by atoms with Crippen molar-refractivity contribution in [3.63, 3.8) is 0 Å². The van der Waals surface area contributed by atoms with Gasteiger partial charge in [0, 0.05) is 12.2 Å². The molecule has 2 rings (SSSR count). The van der Waals surface area contributed by atoms with E-state index in [1.165, 1.54) is 0 Å². The Morgan fingerprint density at radius 2 is 1.95 bits per heavy atom. The van der Waals surface area contributed by atoms with Crippen LogP contribution in [0.15, 0.2) is 30.6 Å². The first-order chi connectivity index (χ1) is 9.61. The van der Waals surface area contributed by atoms with Gasteiger partial charge in [0.2, 0.25) is 0 Å². The lowest BCUT2D eigenvalue weighted by Crippen LogP contribution is -2.22. The van der Waals surface area contributed by atoms with E-state index in [4.69, 9.17) is 4.74 Å². The Balaban J connectivity index is 2.34. The van der Waals surface area contributed by atoms with Crippen molar-refractivity contribution >= 4 is 5.82 Å². The summed E-state index contributed by atoms with van der Waals surface area (Å²) in [6.07, 6.45) is 3.40. The standard InChI is InChI=1S/C15H20N4O/c1-10(2)11(3)18-15-13(20-4)9-17-14(19-15)12-7-5-6-8-16-12/h5-11H,1-4H3,(H,17,18,19)/t11-/m1/s1. The summed E-state index contributed by atoms with van der Waals surface area (Å²) in [5.74, 6) is 2.42. The lowest BCUT2D eigenvalue weighted by atomic mass is 10.1. The van der Waals surface area contributed by atoms with Crippen LogP contribution in [-0.2, 0) is 0 Å². The zero-order chi connectivity index (χ0) is 14.5. The molecule has 5 heteroatoms. The molecule has 0 amide bonds. The monoisotopic (exact) mass is 272 g/mol. The molecular weight excluding hydrogens is 252 g/mol. The first-order valence-corrected chi connectivity index (χ1v) is 6.70. The minimum absolute atomic E-state index is 0.287. The van der Waals surface area contributed by atoms with Gasteiger partial charge in [0.05, 0.1) is 13.3 Å². The van der Waals surface area contributed by atoms with Crippen LogP contribution in [0.25, 0.3) is 11.5 Å². The smallest absolute Gasteiger partial charge is 0.180 e. The van der Waals surface area contributed by atoms with Gasteiger partial charge in [0.1, 0.15) is 5.69 Å². The number of rotatable bonds is 5. The van der Waals surface area contributed by atoms with E-state index in [1.807, 2.05) is 18.2 Å². The SMILES string of the molecule is COc1cnc(-c2ccccn2)nc1N[C@H](C)C(C)C. The predicted octanol–water partition coefficient (Wildman–Crippen LogP) is 3.00. The average Bonchev–Trinajstić information content (AvgIpc) is 2.48. The Hall–Kier alpha value is -2.17. The molecule has 20 heavy (non-hydrogen) atoms. The van der Waals surface area contributed by atoms with Gasteiger partial charge in [-0.3, -0.25) is 4.98 Å². The van der Waals surface area contributed by atoms with Gasteiger partial charge in [-0.25, -0.2) is 9.97 Å². The molecule has 0 fully saturated rings. The summed E-state index contributed by atoms with van der Waals surface area (Å²) >= 11 is 0. The van der Waals surface area contributed by atoms with Gasteiger partial charge < -0.3 is 10.1 Å². The average molecular weight is 272 g/mol. The van der Waals surface area contributed by atoms with Gasteiger partial charge in [-0.05, 0) is 25.0 Å². The number of hydrogen-bond acceptors (Lipinski definition) is 5. The third-order valence-electron chi connectivity index (χ3n) is 3.23. The third kappa shape index (κ3) is 3.23. The number of aromatic nitrogens is 3. The molecule has 0 unspecified atom stereocenters. The fourth-order valence-corrected chi connectivity index (χ4v) is 1.62. The van der Waals surface area contributed by atoms with E-state index in [1.54, 1.807) is 19.5 Å². The third-order valence-corrected chi connectivity index (χ3v) is 3.23. The molecule has 1 N–H and O–H groups in total. The molecule has 0 radical (unpaired) electrons. The first kappa shape index (κ1) is 14.2. The fraction of sp³-hybridized carbons (Fsp3) is 0.400. The molecule has 1 atom stereocenters.